The predicted molar refractivity (Wildman–Crippen MR) is 97.2 cm³/mol. The van der Waals surface area contributed by atoms with E-state index in [1.165, 1.54) is 23.3 Å². The Hall–Kier alpha value is -2.11. The van der Waals surface area contributed by atoms with Crippen molar-refractivity contribution in [2.24, 2.45) is 0 Å². The van der Waals surface area contributed by atoms with Crippen LogP contribution in [0.15, 0.2) is 42.5 Å². The van der Waals surface area contributed by atoms with Crippen LogP contribution in [0, 0.1) is 5.82 Å². The smallest absolute Gasteiger partial charge is 0.220 e. The standard InChI is InChI=1S/C19H21FN2O2.ClH/c20-17-3-1-4-18(10-17)24-8-2-5-19(23)22-11-14-6-7-15-12-21-13-16(15)9-14;/h1,3-4,6-7,9-10,21H,2,5,8,11-13H2,(H,22,23);1H. The van der Waals surface area contributed by atoms with Gasteiger partial charge in [0.05, 0.1) is 6.61 Å². The molecular formula is C19H22ClFN2O2. The first kappa shape index (κ1) is 19.2. The first-order chi connectivity index (χ1) is 11.7. The fourth-order valence-electron chi connectivity index (χ4n) is 2.73. The van der Waals surface area contributed by atoms with Crippen LogP contribution in [0.4, 0.5) is 4.39 Å². The number of amides is 1. The van der Waals surface area contributed by atoms with Crippen LogP contribution < -0.4 is 15.4 Å². The van der Waals surface area contributed by atoms with Crippen LogP contribution in [0.25, 0.3) is 0 Å². The van der Waals surface area contributed by atoms with E-state index in [9.17, 15) is 9.18 Å². The maximum Gasteiger partial charge on any atom is 0.220 e. The van der Waals surface area contributed by atoms with Crippen LogP contribution in [-0.4, -0.2) is 12.5 Å². The number of halogens is 2. The van der Waals surface area contributed by atoms with Crippen molar-refractivity contribution in [3.8, 4) is 5.75 Å². The third kappa shape index (κ3) is 5.73. The van der Waals surface area contributed by atoms with Crippen LogP contribution in [0.5, 0.6) is 5.75 Å². The Morgan fingerprint density at radius 3 is 2.84 bits per heavy atom. The normalized spacial score (nSPS) is 12.2. The molecule has 0 aliphatic carbocycles. The van der Waals surface area contributed by atoms with Crippen LogP contribution >= 0.6 is 12.4 Å². The summed E-state index contributed by atoms with van der Waals surface area (Å²) in [5.74, 6) is 0.161. The van der Waals surface area contributed by atoms with Gasteiger partial charge in [-0.1, -0.05) is 24.3 Å². The Bertz CT molecular complexity index is 724. The lowest BCUT2D eigenvalue weighted by atomic mass is 10.1. The van der Waals surface area contributed by atoms with Gasteiger partial charge in [0.2, 0.25) is 5.91 Å². The van der Waals surface area contributed by atoms with E-state index in [0.717, 1.165) is 18.7 Å². The second-order valence-corrected chi connectivity index (χ2v) is 5.89. The molecule has 0 fully saturated rings. The van der Waals surface area contributed by atoms with Crippen molar-refractivity contribution < 1.29 is 13.9 Å². The van der Waals surface area contributed by atoms with E-state index in [2.05, 4.69) is 28.8 Å². The first-order valence-electron chi connectivity index (χ1n) is 8.17. The number of nitrogens with one attached hydrogen (secondary N) is 2. The number of fused-ring (bicyclic) bond motifs is 1. The van der Waals surface area contributed by atoms with Crippen molar-refractivity contribution in [3.05, 3.63) is 65.0 Å². The molecule has 0 spiro atoms. The summed E-state index contributed by atoms with van der Waals surface area (Å²) in [4.78, 5) is 11.9. The molecule has 0 bridgehead atoms. The molecule has 3 rings (SSSR count). The van der Waals surface area contributed by atoms with Gasteiger partial charge >= 0.3 is 0 Å². The monoisotopic (exact) mass is 364 g/mol. The van der Waals surface area contributed by atoms with Gasteiger partial charge in [0, 0.05) is 32.1 Å². The third-order valence-corrected chi connectivity index (χ3v) is 4.00. The van der Waals surface area contributed by atoms with E-state index < -0.39 is 0 Å². The Kier molecular flexibility index (Phi) is 7.22. The molecular weight excluding hydrogens is 343 g/mol. The Labute approximate surface area is 153 Å². The molecule has 0 radical (unpaired) electrons. The van der Waals surface area contributed by atoms with Gasteiger partial charge < -0.3 is 15.4 Å². The molecule has 0 saturated heterocycles. The van der Waals surface area contributed by atoms with Gasteiger partial charge in [-0.05, 0) is 35.2 Å². The van der Waals surface area contributed by atoms with E-state index in [0.29, 0.717) is 31.7 Å². The van der Waals surface area contributed by atoms with Crippen molar-refractivity contribution in [2.75, 3.05) is 6.61 Å². The van der Waals surface area contributed by atoms with Gasteiger partial charge in [0.25, 0.3) is 0 Å². The highest BCUT2D eigenvalue weighted by Crippen LogP contribution is 2.17. The average molecular weight is 365 g/mol. The lowest BCUT2D eigenvalue weighted by Crippen LogP contribution is -2.23. The van der Waals surface area contributed by atoms with Crippen molar-refractivity contribution in [2.45, 2.75) is 32.5 Å². The molecule has 1 aliphatic heterocycles. The summed E-state index contributed by atoms with van der Waals surface area (Å²) in [6.07, 6.45) is 0.984. The lowest BCUT2D eigenvalue weighted by molar-refractivity contribution is -0.121. The highest BCUT2D eigenvalue weighted by Gasteiger charge is 2.10. The molecule has 6 heteroatoms. The number of hydrogen-bond acceptors (Lipinski definition) is 3. The summed E-state index contributed by atoms with van der Waals surface area (Å²) in [6, 6.07) is 12.3. The zero-order valence-corrected chi connectivity index (χ0v) is 14.7. The molecule has 0 aromatic heterocycles. The van der Waals surface area contributed by atoms with Gasteiger partial charge in [-0.3, -0.25) is 4.79 Å². The van der Waals surface area contributed by atoms with Crippen LogP contribution in [0.2, 0.25) is 0 Å². The van der Waals surface area contributed by atoms with Crippen molar-refractivity contribution in [1.29, 1.82) is 0 Å². The molecule has 4 nitrogen and oxygen atoms in total. The predicted octanol–water partition coefficient (Wildman–Crippen LogP) is 3.33. The lowest BCUT2D eigenvalue weighted by Gasteiger charge is -2.08. The van der Waals surface area contributed by atoms with Gasteiger partial charge in [-0.2, -0.15) is 0 Å². The quantitative estimate of drug-likeness (QED) is 0.741. The highest BCUT2D eigenvalue weighted by atomic mass is 35.5. The molecule has 25 heavy (non-hydrogen) atoms. The summed E-state index contributed by atoms with van der Waals surface area (Å²) in [7, 11) is 0. The van der Waals surface area contributed by atoms with Crippen molar-refractivity contribution in [3.63, 3.8) is 0 Å². The molecule has 2 aromatic carbocycles. The Morgan fingerprint density at radius 1 is 1.16 bits per heavy atom. The van der Waals surface area contributed by atoms with Crippen LogP contribution in [-0.2, 0) is 24.4 Å². The number of carbonyl (C=O) groups is 1. The van der Waals surface area contributed by atoms with Crippen molar-refractivity contribution >= 4 is 18.3 Å². The van der Waals surface area contributed by atoms with Gasteiger partial charge in [0.15, 0.2) is 0 Å². The molecule has 1 heterocycles. The minimum atomic E-state index is -0.324. The zero-order chi connectivity index (χ0) is 16.8. The minimum Gasteiger partial charge on any atom is -0.493 e. The van der Waals surface area contributed by atoms with Crippen molar-refractivity contribution in [1.82, 2.24) is 10.6 Å². The van der Waals surface area contributed by atoms with Crippen LogP contribution in [0.3, 0.4) is 0 Å². The Morgan fingerprint density at radius 2 is 2.00 bits per heavy atom. The average Bonchev–Trinajstić information content (AvgIpc) is 3.05. The number of rotatable bonds is 7. The molecule has 0 atom stereocenters. The minimum absolute atomic E-state index is 0. The first-order valence-corrected chi connectivity index (χ1v) is 8.17. The Balaban J connectivity index is 0.00000225. The van der Waals surface area contributed by atoms with E-state index in [4.69, 9.17) is 4.74 Å². The fraction of sp³-hybridized carbons (Fsp3) is 0.316. The fourth-order valence-corrected chi connectivity index (χ4v) is 2.73. The molecule has 0 saturated carbocycles. The van der Waals surface area contributed by atoms with Gasteiger partial charge in [-0.15, -0.1) is 12.4 Å². The summed E-state index contributed by atoms with van der Waals surface area (Å²) in [5.41, 5.74) is 3.76. The molecule has 1 amide bonds. The second kappa shape index (κ2) is 9.39. The SMILES string of the molecule is Cl.O=C(CCCOc1cccc(F)c1)NCc1ccc2c(c1)CNC2. The largest absolute Gasteiger partial charge is 0.493 e. The summed E-state index contributed by atoms with van der Waals surface area (Å²) >= 11 is 0. The topological polar surface area (TPSA) is 50.4 Å². The molecule has 1 aliphatic rings. The number of hydrogen-bond donors (Lipinski definition) is 2. The molecule has 2 aromatic rings. The molecule has 134 valence electrons. The van der Waals surface area contributed by atoms with Gasteiger partial charge in [0.1, 0.15) is 11.6 Å². The van der Waals surface area contributed by atoms with Gasteiger partial charge in [-0.25, -0.2) is 4.39 Å². The van der Waals surface area contributed by atoms with E-state index in [1.54, 1.807) is 12.1 Å². The maximum atomic E-state index is 13.0. The van der Waals surface area contributed by atoms with Crippen LogP contribution in [0.1, 0.15) is 29.5 Å². The maximum absolute atomic E-state index is 13.0. The number of benzene rings is 2. The van der Waals surface area contributed by atoms with E-state index in [-0.39, 0.29) is 24.1 Å². The van der Waals surface area contributed by atoms with E-state index in [1.807, 2.05) is 0 Å². The summed E-state index contributed by atoms with van der Waals surface area (Å²) < 4.78 is 18.4. The number of ether oxygens (including phenoxy) is 1. The zero-order valence-electron chi connectivity index (χ0n) is 13.9. The van der Waals surface area contributed by atoms with E-state index >= 15 is 0 Å². The molecule has 2 N–H and O–H groups in total. The number of carbonyl (C=O) groups excluding carboxylic acids is 1. The second-order valence-electron chi connectivity index (χ2n) is 5.89. The third-order valence-electron chi connectivity index (χ3n) is 4.00. The highest BCUT2D eigenvalue weighted by molar-refractivity contribution is 5.85. The summed E-state index contributed by atoms with van der Waals surface area (Å²) in [6.45, 7) is 2.75. The summed E-state index contributed by atoms with van der Waals surface area (Å²) in [5, 5.41) is 6.23. The molecule has 0 unspecified atom stereocenters.